The zero-order valence-electron chi connectivity index (χ0n) is 16.8. The van der Waals surface area contributed by atoms with E-state index in [1.165, 1.54) is 16.1 Å². The summed E-state index contributed by atoms with van der Waals surface area (Å²) in [6.45, 7) is 3.00. The summed E-state index contributed by atoms with van der Waals surface area (Å²) < 4.78 is 17.4. The molecular weight excluding hydrogens is 424 g/mol. The van der Waals surface area contributed by atoms with E-state index in [9.17, 15) is 13.8 Å². The molecule has 11 heteroatoms. The predicted octanol–water partition coefficient (Wildman–Crippen LogP) is 1.71. The smallest absolute Gasteiger partial charge is 0.277 e. The number of carbonyl (C=O) groups excluding carboxylic acids is 2. The summed E-state index contributed by atoms with van der Waals surface area (Å²) in [7, 11) is -2.62. The predicted molar refractivity (Wildman–Crippen MR) is 112 cm³/mol. The summed E-state index contributed by atoms with van der Waals surface area (Å²) in [5, 5.41) is 12.1. The molecule has 30 heavy (non-hydrogen) atoms. The van der Waals surface area contributed by atoms with Crippen molar-refractivity contribution in [2.45, 2.75) is 38.6 Å². The number of piperidine rings is 1. The van der Waals surface area contributed by atoms with E-state index in [0.29, 0.717) is 36.3 Å². The fraction of sp³-hybridized carbons (Fsp3) is 0.632. The number of carbonyl (C=O) groups is 2. The highest BCUT2D eigenvalue weighted by atomic mass is 32.2. The lowest BCUT2D eigenvalue weighted by atomic mass is 9.91. The third-order valence-corrected chi connectivity index (χ3v) is 9.32. The molecular formula is C19H24N6O3S2. The first kappa shape index (κ1) is 19.8. The van der Waals surface area contributed by atoms with Gasteiger partial charge in [0.1, 0.15) is 6.54 Å². The van der Waals surface area contributed by atoms with Gasteiger partial charge in [0.2, 0.25) is 0 Å². The number of aryl methyl sites for hydroxylation is 1. The van der Waals surface area contributed by atoms with Crippen LogP contribution < -0.4 is 0 Å². The number of hydrogen-bond donors (Lipinski definition) is 0. The molecule has 0 aromatic carbocycles. The number of thiophene rings is 1. The van der Waals surface area contributed by atoms with Crippen molar-refractivity contribution in [3.63, 3.8) is 0 Å². The van der Waals surface area contributed by atoms with Crippen LogP contribution in [0.15, 0.2) is 16.5 Å². The molecule has 2 saturated heterocycles. The van der Waals surface area contributed by atoms with Gasteiger partial charge in [0.05, 0.1) is 14.6 Å². The van der Waals surface area contributed by atoms with Gasteiger partial charge < -0.3 is 4.90 Å². The van der Waals surface area contributed by atoms with Gasteiger partial charge in [-0.25, -0.2) is 4.21 Å². The minimum absolute atomic E-state index is 0.0490. The highest BCUT2D eigenvalue weighted by Crippen LogP contribution is 2.37. The summed E-state index contributed by atoms with van der Waals surface area (Å²) in [5.41, 5.74) is 0. The van der Waals surface area contributed by atoms with Crippen molar-refractivity contribution in [2.24, 2.45) is 16.2 Å². The maximum Gasteiger partial charge on any atom is 0.277 e. The van der Waals surface area contributed by atoms with Crippen LogP contribution in [-0.4, -0.2) is 65.7 Å². The van der Waals surface area contributed by atoms with Crippen molar-refractivity contribution in [2.75, 3.05) is 24.6 Å². The molecule has 160 valence electrons. The van der Waals surface area contributed by atoms with Crippen LogP contribution in [0.4, 0.5) is 0 Å². The van der Waals surface area contributed by atoms with Gasteiger partial charge in [-0.1, -0.05) is 0 Å². The van der Waals surface area contributed by atoms with Crippen molar-refractivity contribution >= 4 is 32.9 Å². The first-order valence-corrected chi connectivity index (χ1v) is 12.9. The summed E-state index contributed by atoms with van der Waals surface area (Å²) in [5.74, 6) is 1.56. The number of tetrazole rings is 1. The average molecular weight is 449 g/mol. The van der Waals surface area contributed by atoms with E-state index >= 15 is 0 Å². The second-order valence-corrected chi connectivity index (χ2v) is 12.3. The minimum atomic E-state index is -2.62. The largest absolute Gasteiger partial charge is 0.337 e. The molecule has 2 atom stereocenters. The van der Waals surface area contributed by atoms with Gasteiger partial charge in [-0.05, 0) is 55.4 Å². The first-order valence-electron chi connectivity index (χ1n) is 10.3. The molecule has 3 aliphatic rings. The van der Waals surface area contributed by atoms with E-state index in [1.54, 1.807) is 0 Å². The van der Waals surface area contributed by atoms with Crippen molar-refractivity contribution in [1.82, 2.24) is 25.1 Å². The quantitative estimate of drug-likeness (QED) is 0.704. The molecule has 2 bridgehead atoms. The van der Waals surface area contributed by atoms with Crippen LogP contribution in [0.25, 0.3) is 0 Å². The fourth-order valence-electron chi connectivity index (χ4n) is 4.47. The van der Waals surface area contributed by atoms with Crippen LogP contribution in [0.3, 0.4) is 0 Å². The van der Waals surface area contributed by atoms with Crippen LogP contribution >= 0.6 is 11.3 Å². The number of amides is 2. The molecule has 0 spiro atoms. The Morgan fingerprint density at radius 2 is 1.97 bits per heavy atom. The second kappa shape index (κ2) is 7.52. The molecule has 4 heterocycles. The Morgan fingerprint density at radius 1 is 1.23 bits per heavy atom. The molecule has 0 N–H and O–H groups in total. The van der Waals surface area contributed by atoms with Gasteiger partial charge in [-0.3, -0.25) is 9.59 Å². The van der Waals surface area contributed by atoms with Crippen molar-refractivity contribution in [3.8, 4) is 0 Å². The highest BCUT2D eigenvalue weighted by Gasteiger charge is 2.39. The van der Waals surface area contributed by atoms with Crippen LogP contribution in [-0.2, 0) is 21.1 Å². The Kier molecular flexibility index (Phi) is 4.97. The van der Waals surface area contributed by atoms with Gasteiger partial charge in [-0.15, -0.1) is 21.5 Å². The van der Waals surface area contributed by atoms with E-state index in [4.69, 9.17) is 0 Å². The van der Waals surface area contributed by atoms with Crippen molar-refractivity contribution in [3.05, 3.63) is 27.7 Å². The molecule has 5 rings (SSSR count). The Balaban J connectivity index is 1.25. The van der Waals surface area contributed by atoms with E-state index in [0.717, 1.165) is 29.0 Å². The van der Waals surface area contributed by atoms with Gasteiger partial charge in [0, 0.05) is 35.4 Å². The summed E-state index contributed by atoms with van der Waals surface area (Å²) in [4.78, 5) is 30.2. The lowest BCUT2D eigenvalue weighted by Gasteiger charge is -2.42. The highest BCUT2D eigenvalue weighted by molar-refractivity contribution is 7.93. The number of hydrogen-bond acceptors (Lipinski definition) is 7. The van der Waals surface area contributed by atoms with Crippen LogP contribution in [0.2, 0.25) is 0 Å². The van der Waals surface area contributed by atoms with Gasteiger partial charge in [0.25, 0.3) is 11.8 Å². The number of nitrogens with zero attached hydrogens (tertiary/aromatic N) is 6. The zero-order chi connectivity index (χ0) is 20.9. The minimum Gasteiger partial charge on any atom is -0.337 e. The molecule has 0 radical (unpaired) electrons. The van der Waals surface area contributed by atoms with Crippen LogP contribution in [0, 0.1) is 18.8 Å². The standard InChI is InChI=1S/C19H24N6O3S2/c1-12-2-5-16(29-12)19(27)24-7-13-6-14(8-24)11-30(28,10-13)22-17(26)9-25-21-18(20-23-25)15-3-4-15/h2,5,13-15H,3-4,6-11H2,1H3. The Hall–Kier alpha value is -2.14. The van der Waals surface area contributed by atoms with Gasteiger partial charge in [-0.2, -0.15) is 9.16 Å². The van der Waals surface area contributed by atoms with E-state index in [2.05, 4.69) is 19.8 Å². The Morgan fingerprint density at radius 3 is 2.60 bits per heavy atom. The molecule has 2 aromatic heterocycles. The maximum absolute atomic E-state index is 13.3. The van der Waals surface area contributed by atoms with Gasteiger partial charge >= 0.3 is 0 Å². The molecule has 1 aliphatic carbocycles. The second-order valence-electron chi connectivity index (χ2n) is 8.63. The normalized spacial score (nSPS) is 28.4. The molecule has 3 fully saturated rings. The molecule has 2 aliphatic heterocycles. The third kappa shape index (κ3) is 4.18. The maximum atomic E-state index is 13.3. The molecule has 2 amide bonds. The average Bonchev–Trinajstić information content (AvgIpc) is 3.27. The van der Waals surface area contributed by atoms with E-state index < -0.39 is 15.6 Å². The number of likely N-dealkylation sites (tertiary alicyclic amines) is 1. The Labute approximate surface area is 179 Å². The summed E-state index contributed by atoms with van der Waals surface area (Å²) >= 11 is 1.50. The summed E-state index contributed by atoms with van der Waals surface area (Å²) in [6, 6.07) is 3.83. The molecule has 2 unspecified atom stereocenters. The molecule has 2 aromatic rings. The van der Waals surface area contributed by atoms with Crippen LogP contribution in [0.1, 0.15) is 45.6 Å². The number of fused-ring (bicyclic) bond motifs is 2. The number of aromatic nitrogens is 4. The third-order valence-electron chi connectivity index (χ3n) is 5.81. The first-order chi connectivity index (χ1) is 14.4. The lowest BCUT2D eigenvalue weighted by molar-refractivity contribution is -0.118. The van der Waals surface area contributed by atoms with Crippen molar-refractivity contribution < 1.29 is 13.8 Å². The van der Waals surface area contributed by atoms with E-state index in [-0.39, 0.29) is 24.3 Å². The van der Waals surface area contributed by atoms with Crippen molar-refractivity contribution in [1.29, 1.82) is 0 Å². The van der Waals surface area contributed by atoms with Gasteiger partial charge in [0.15, 0.2) is 5.82 Å². The molecule has 9 nitrogen and oxygen atoms in total. The van der Waals surface area contributed by atoms with Crippen LogP contribution in [0.5, 0.6) is 0 Å². The fourth-order valence-corrected chi connectivity index (χ4v) is 7.98. The Bertz CT molecular complexity index is 1090. The van der Waals surface area contributed by atoms with E-state index in [1.807, 2.05) is 24.0 Å². The lowest BCUT2D eigenvalue weighted by Crippen LogP contribution is -2.50. The summed E-state index contributed by atoms with van der Waals surface area (Å²) in [6.07, 6.45) is 3.06. The topological polar surface area (TPSA) is 110 Å². The number of rotatable bonds is 4. The SMILES string of the molecule is Cc1ccc(C(=O)N2CC3CC(C2)CS(=O)(=NC(=O)Cn2nnc(C4CC4)n2)C3)s1. The zero-order valence-corrected chi connectivity index (χ0v) is 18.4. The monoisotopic (exact) mass is 448 g/mol. The molecule has 1 saturated carbocycles.